The van der Waals surface area contributed by atoms with Gasteiger partial charge in [-0.15, -0.1) is 0 Å². The van der Waals surface area contributed by atoms with Gasteiger partial charge in [0.05, 0.1) is 12.8 Å². The third-order valence-corrected chi connectivity index (χ3v) is 2.55. The number of ether oxygens (including phenoxy) is 1. The molecule has 0 aliphatic heterocycles. The van der Waals surface area contributed by atoms with Gasteiger partial charge in [-0.1, -0.05) is 0 Å². The van der Waals surface area contributed by atoms with E-state index in [0.29, 0.717) is 13.2 Å². The zero-order valence-corrected chi connectivity index (χ0v) is 9.49. The van der Waals surface area contributed by atoms with E-state index >= 15 is 0 Å². The summed E-state index contributed by atoms with van der Waals surface area (Å²) in [6, 6.07) is 7.65. The third kappa shape index (κ3) is 3.26. The molecule has 2 N–H and O–H groups in total. The molecule has 17 heavy (non-hydrogen) atoms. The molecular formula is C13H15N3O. The molecule has 0 aromatic carbocycles. The van der Waals surface area contributed by atoms with Crippen LogP contribution in [0.5, 0.6) is 5.75 Å². The minimum absolute atomic E-state index is 0.179. The molecule has 4 nitrogen and oxygen atoms in total. The molecule has 0 spiro atoms. The maximum Gasteiger partial charge on any atom is 0.137 e. The average molecular weight is 229 g/mol. The maximum absolute atomic E-state index is 5.75. The Hall–Kier alpha value is -1.94. The molecule has 0 amide bonds. The van der Waals surface area contributed by atoms with E-state index in [1.165, 1.54) is 0 Å². The number of hydrogen-bond acceptors (Lipinski definition) is 4. The second-order valence-electron chi connectivity index (χ2n) is 3.71. The Morgan fingerprint density at radius 3 is 2.59 bits per heavy atom. The number of aromatic nitrogens is 2. The molecule has 88 valence electrons. The van der Waals surface area contributed by atoms with E-state index in [-0.39, 0.29) is 5.92 Å². The molecule has 0 saturated heterocycles. The van der Waals surface area contributed by atoms with E-state index in [2.05, 4.69) is 9.97 Å². The van der Waals surface area contributed by atoms with Gasteiger partial charge in [-0.25, -0.2) is 0 Å². The molecule has 4 heteroatoms. The quantitative estimate of drug-likeness (QED) is 0.846. The summed E-state index contributed by atoms with van der Waals surface area (Å²) in [5.74, 6) is 0.943. The zero-order chi connectivity index (χ0) is 11.9. The van der Waals surface area contributed by atoms with Crippen molar-refractivity contribution in [1.82, 2.24) is 9.97 Å². The summed E-state index contributed by atoms with van der Waals surface area (Å²) in [6.45, 7) is 1.09. The highest BCUT2D eigenvalue weighted by Crippen LogP contribution is 2.16. The Balaban J connectivity index is 1.97. The molecule has 0 bridgehead atoms. The van der Waals surface area contributed by atoms with Crippen LogP contribution in [0.1, 0.15) is 11.5 Å². The summed E-state index contributed by atoms with van der Waals surface area (Å²) < 4.78 is 5.65. The van der Waals surface area contributed by atoms with E-state index < -0.39 is 0 Å². The van der Waals surface area contributed by atoms with Crippen molar-refractivity contribution in [3.05, 3.63) is 54.6 Å². The van der Waals surface area contributed by atoms with Crippen molar-refractivity contribution in [2.24, 2.45) is 5.73 Å². The fourth-order valence-corrected chi connectivity index (χ4v) is 1.57. The lowest BCUT2D eigenvalue weighted by atomic mass is 10.0. The smallest absolute Gasteiger partial charge is 0.137 e. The molecule has 0 fully saturated rings. The highest BCUT2D eigenvalue weighted by molar-refractivity contribution is 5.19. The summed E-state index contributed by atoms with van der Waals surface area (Å²) in [5.41, 5.74) is 6.90. The van der Waals surface area contributed by atoms with Crippen LogP contribution < -0.4 is 10.5 Å². The molecular weight excluding hydrogens is 214 g/mol. The molecule has 0 aliphatic rings. The first-order valence-electron chi connectivity index (χ1n) is 5.53. The summed E-state index contributed by atoms with van der Waals surface area (Å²) in [6.07, 6.45) is 6.94. The Morgan fingerprint density at radius 1 is 1.12 bits per heavy atom. The summed E-state index contributed by atoms with van der Waals surface area (Å²) >= 11 is 0. The highest BCUT2D eigenvalue weighted by atomic mass is 16.5. The van der Waals surface area contributed by atoms with Crippen molar-refractivity contribution < 1.29 is 4.74 Å². The van der Waals surface area contributed by atoms with Crippen molar-refractivity contribution >= 4 is 0 Å². The van der Waals surface area contributed by atoms with Crippen molar-refractivity contribution in [2.45, 2.75) is 5.92 Å². The van der Waals surface area contributed by atoms with Gasteiger partial charge in [-0.2, -0.15) is 0 Å². The van der Waals surface area contributed by atoms with Gasteiger partial charge >= 0.3 is 0 Å². The highest BCUT2D eigenvalue weighted by Gasteiger charge is 2.10. The Morgan fingerprint density at radius 2 is 1.94 bits per heavy atom. The standard InChI is InChI=1S/C13H15N3O/c14-8-12(11-3-6-15-7-4-11)10-17-13-2-1-5-16-9-13/h1-7,9,12H,8,10,14H2. The van der Waals surface area contributed by atoms with Crippen LogP contribution >= 0.6 is 0 Å². The lowest BCUT2D eigenvalue weighted by Gasteiger charge is -2.15. The predicted octanol–water partition coefficient (Wildman–Crippen LogP) is 1.60. The second-order valence-corrected chi connectivity index (χ2v) is 3.71. The fourth-order valence-electron chi connectivity index (χ4n) is 1.57. The molecule has 0 aliphatic carbocycles. The van der Waals surface area contributed by atoms with Crippen molar-refractivity contribution in [3.8, 4) is 5.75 Å². The zero-order valence-electron chi connectivity index (χ0n) is 9.49. The molecule has 0 saturated carbocycles. The second kappa shape index (κ2) is 5.96. The van der Waals surface area contributed by atoms with Crippen molar-refractivity contribution in [3.63, 3.8) is 0 Å². The first-order chi connectivity index (χ1) is 8.40. The first-order valence-corrected chi connectivity index (χ1v) is 5.53. The third-order valence-electron chi connectivity index (χ3n) is 2.55. The topological polar surface area (TPSA) is 61.0 Å². The van der Waals surface area contributed by atoms with Gasteiger partial charge in [0.1, 0.15) is 5.75 Å². The monoisotopic (exact) mass is 229 g/mol. The summed E-state index contributed by atoms with van der Waals surface area (Å²) in [7, 11) is 0. The summed E-state index contributed by atoms with van der Waals surface area (Å²) in [5, 5.41) is 0. The van der Waals surface area contributed by atoms with Gasteiger partial charge in [-0.3, -0.25) is 9.97 Å². The maximum atomic E-state index is 5.75. The largest absolute Gasteiger partial charge is 0.491 e. The van der Waals surface area contributed by atoms with Crippen LogP contribution in [0.25, 0.3) is 0 Å². The fraction of sp³-hybridized carbons (Fsp3) is 0.231. The number of hydrogen-bond donors (Lipinski definition) is 1. The molecule has 1 unspecified atom stereocenters. The van der Waals surface area contributed by atoms with E-state index in [1.807, 2.05) is 24.3 Å². The Labute approximate surface area is 100 Å². The van der Waals surface area contributed by atoms with Gasteiger partial charge in [-0.05, 0) is 29.8 Å². The van der Waals surface area contributed by atoms with Crippen LogP contribution in [0.15, 0.2) is 49.1 Å². The lowest BCUT2D eigenvalue weighted by Crippen LogP contribution is -2.19. The molecule has 2 rings (SSSR count). The van der Waals surface area contributed by atoms with Crippen LogP contribution in [0.4, 0.5) is 0 Å². The Kier molecular flexibility index (Phi) is 4.05. The Bertz CT molecular complexity index is 433. The summed E-state index contributed by atoms with van der Waals surface area (Å²) in [4.78, 5) is 7.98. The lowest BCUT2D eigenvalue weighted by molar-refractivity contribution is 0.289. The van der Waals surface area contributed by atoms with Crippen LogP contribution in [0.3, 0.4) is 0 Å². The van der Waals surface area contributed by atoms with Gasteiger partial charge in [0.15, 0.2) is 0 Å². The van der Waals surface area contributed by atoms with E-state index in [0.717, 1.165) is 11.3 Å². The van der Waals surface area contributed by atoms with Crippen molar-refractivity contribution in [2.75, 3.05) is 13.2 Å². The molecule has 2 aromatic rings. The van der Waals surface area contributed by atoms with Crippen LogP contribution in [-0.4, -0.2) is 23.1 Å². The molecule has 2 aromatic heterocycles. The number of pyridine rings is 2. The normalized spacial score (nSPS) is 12.1. The van der Waals surface area contributed by atoms with Crippen molar-refractivity contribution in [1.29, 1.82) is 0 Å². The minimum Gasteiger partial charge on any atom is -0.491 e. The predicted molar refractivity (Wildman–Crippen MR) is 65.8 cm³/mol. The first kappa shape index (κ1) is 11.5. The van der Waals surface area contributed by atoms with E-state index in [9.17, 15) is 0 Å². The molecule has 1 atom stereocenters. The van der Waals surface area contributed by atoms with Gasteiger partial charge in [0.2, 0.25) is 0 Å². The van der Waals surface area contributed by atoms with Crippen LogP contribution in [-0.2, 0) is 0 Å². The minimum atomic E-state index is 0.179. The van der Waals surface area contributed by atoms with Crippen LogP contribution in [0.2, 0.25) is 0 Å². The average Bonchev–Trinajstić information content (AvgIpc) is 2.42. The number of nitrogens with two attached hydrogens (primary N) is 1. The SMILES string of the molecule is NCC(COc1cccnc1)c1ccncc1. The molecule has 0 radical (unpaired) electrons. The van der Waals surface area contributed by atoms with Gasteiger partial charge < -0.3 is 10.5 Å². The van der Waals surface area contributed by atoms with Gasteiger partial charge in [0.25, 0.3) is 0 Å². The van der Waals surface area contributed by atoms with Crippen LogP contribution in [0, 0.1) is 0 Å². The molecule has 2 heterocycles. The number of nitrogens with zero attached hydrogens (tertiary/aromatic N) is 2. The number of rotatable bonds is 5. The van der Waals surface area contributed by atoms with E-state index in [1.54, 1.807) is 24.8 Å². The van der Waals surface area contributed by atoms with E-state index in [4.69, 9.17) is 10.5 Å². The van der Waals surface area contributed by atoms with Gasteiger partial charge in [0, 0.05) is 31.1 Å².